The summed E-state index contributed by atoms with van der Waals surface area (Å²) in [5.74, 6) is 0.0783. The highest BCUT2D eigenvalue weighted by atomic mass is 35.5. The fourth-order valence-electron chi connectivity index (χ4n) is 3.69. The van der Waals surface area contributed by atoms with Crippen molar-refractivity contribution in [3.05, 3.63) is 93.7 Å². The number of fused-ring (bicyclic) bond motifs is 1. The first-order valence-electron chi connectivity index (χ1n) is 10.5. The standard InChI is InChI=1S/C26H24ClN3O2/c1-26(2,15-16-30-25(32)22-5-3-4-6-23(22)28-29-30)17-24(31)20-9-7-18(8-10-20)19-11-13-21(27)14-12-19/h3-14H,15-17H2,1-2H3. The van der Waals surface area contributed by atoms with E-state index in [9.17, 15) is 9.59 Å². The predicted octanol–water partition coefficient (Wildman–Crippen LogP) is 5.80. The van der Waals surface area contributed by atoms with E-state index >= 15 is 0 Å². The zero-order valence-corrected chi connectivity index (χ0v) is 18.8. The minimum atomic E-state index is -0.293. The average Bonchev–Trinajstić information content (AvgIpc) is 2.79. The number of aromatic nitrogens is 3. The van der Waals surface area contributed by atoms with Crippen LogP contribution in [0.2, 0.25) is 5.02 Å². The molecule has 0 N–H and O–H groups in total. The molecule has 162 valence electrons. The van der Waals surface area contributed by atoms with Crippen LogP contribution in [0.1, 0.15) is 37.0 Å². The number of hydrogen-bond donors (Lipinski definition) is 0. The minimum Gasteiger partial charge on any atom is -0.294 e. The lowest BCUT2D eigenvalue weighted by Crippen LogP contribution is -2.27. The van der Waals surface area contributed by atoms with Gasteiger partial charge in [0.15, 0.2) is 5.78 Å². The Morgan fingerprint density at radius 1 is 0.938 bits per heavy atom. The molecule has 32 heavy (non-hydrogen) atoms. The average molecular weight is 446 g/mol. The van der Waals surface area contributed by atoms with Crippen LogP contribution in [-0.4, -0.2) is 20.8 Å². The Bertz CT molecular complexity index is 1310. The number of nitrogens with zero attached hydrogens (tertiary/aromatic N) is 3. The number of aryl methyl sites for hydroxylation is 1. The van der Waals surface area contributed by atoms with E-state index in [-0.39, 0.29) is 16.8 Å². The van der Waals surface area contributed by atoms with Gasteiger partial charge in [0.05, 0.1) is 5.39 Å². The minimum absolute atomic E-state index is 0.0783. The van der Waals surface area contributed by atoms with Crippen LogP contribution in [0.25, 0.3) is 22.0 Å². The van der Waals surface area contributed by atoms with E-state index in [1.54, 1.807) is 12.1 Å². The summed E-state index contributed by atoms with van der Waals surface area (Å²) in [6, 6.07) is 22.4. The SMILES string of the molecule is CC(C)(CCn1nnc2ccccc2c1=O)CC(=O)c1ccc(-c2ccc(Cl)cc2)cc1. The molecule has 0 aliphatic heterocycles. The molecule has 4 rings (SSSR count). The van der Waals surface area contributed by atoms with Gasteiger partial charge in [-0.25, -0.2) is 4.68 Å². The molecule has 3 aromatic carbocycles. The van der Waals surface area contributed by atoms with Crippen molar-refractivity contribution >= 4 is 28.3 Å². The van der Waals surface area contributed by atoms with Crippen molar-refractivity contribution in [2.24, 2.45) is 5.41 Å². The van der Waals surface area contributed by atoms with Crippen LogP contribution in [0.15, 0.2) is 77.6 Å². The third-order valence-electron chi connectivity index (χ3n) is 5.65. The second kappa shape index (κ2) is 9.05. The Hall–Kier alpha value is -3.31. The van der Waals surface area contributed by atoms with Crippen LogP contribution in [0.3, 0.4) is 0 Å². The zero-order valence-electron chi connectivity index (χ0n) is 18.1. The number of halogens is 1. The molecule has 0 unspecified atom stereocenters. The molecule has 0 saturated carbocycles. The molecule has 0 saturated heterocycles. The Labute approximate surface area is 191 Å². The molecule has 0 spiro atoms. The summed E-state index contributed by atoms with van der Waals surface area (Å²) >= 11 is 5.96. The molecule has 0 fully saturated rings. The van der Waals surface area contributed by atoms with E-state index in [0.29, 0.717) is 40.9 Å². The fourth-order valence-corrected chi connectivity index (χ4v) is 3.82. The summed E-state index contributed by atoms with van der Waals surface area (Å²) in [6.07, 6.45) is 1.01. The second-order valence-electron chi connectivity index (χ2n) is 8.73. The van der Waals surface area contributed by atoms with Gasteiger partial charge in [-0.1, -0.05) is 79.2 Å². The van der Waals surface area contributed by atoms with Crippen LogP contribution >= 0.6 is 11.6 Å². The van der Waals surface area contributed by atoms with Gasteiger partial charge in [-0.05, 0) is 47.2 Å². The molecule has 1 heterocycles. The lowest BCUT2D eigenvalue weighted by Gasteiger charge is -2.23. The van der Waals surface area contributed by atoms with Crippen LogP contribution in [0.5, 0.6) is 0 Å². The molecule has 0 amide bonds. The summed E-state index contributed by atoms with van der Waals surface area (Å²) in [7, 11) is 0. The molecule has 5 nitrogen and oxygen atoms in total. The van der Waals surface area contributed by atoms with E-state index in [4.69, 9.17) is 11.6 Å². The van der Waals surface area contributed by atoms with Crippen LogP contribution < -0.4 is 5.56 Å². The van der Waals surface area contributed by atoms with Crippen LogP contribution in [0, 0.1) is 5.41 Å². The summed E-state index contributed by atoms with van der Waals surface area (Å²) in [5, 5.41) is 9.43. The van der Waals surface area contributed by atoms with Crippen molar-refractivity contribution in [1.82, 2.24) is 15.0 Å². The molecular weight excluding hydrogens is 422 g/mol. The summed E-state index contributed by atoms with van der Waals surface area (Å²) in [4.78, 5) is 25.5. The molecule has 4 aromatic rings. The number of carbonyl (C=O) groups excluding carboxylic acids is 1. The number of benzene rings is 3. The fraction of sp³-hybridized carbons (Fsp3) is 0.231. The third kappa shape index (κ3) is 4.94. The Balaban J connectivity index is 1.41. The van der Waals surface area contributed by atoms with Gasteiger partial charge >= 0.3 is 0 Å². The highest BCUT2D eigenvalue weighted by Gasteiger charge is 2.23. The maximum absolute atomic E-state index is 12.9. The van der Waals surface area contributed by atoms with Crippen molar-refractivity contribution in [1.29, 1.82) is 0 Å². The molecule has 0 aliphatic carbocycles. The van der Waals surface area contributed by atoms with Crippen LogP contribution in [-0.2, 0) is 6.54 Å². The van der Waals surface area contributed by atoms with Crippen LogP contribution in [0.4, 0.5) is 0 Å². The van der Waals surface area contributed by atoms with E-state index in [1.807, 2.05) is 74.5 Å². The van der Waals surface area contributed by atoms with Gasteiger partial charge in [0.25, 0.3) is 5.56 Å². The highest BCUT2D eigenvalue weighted by molar-refractivity contribution is 6.30. The molecule has 6 heteroatoms. The topological polar surface area (TPSA) is 64.8 Å². The van der Waals surface area contributed by atoms with Gasteiger partial charge in [0.1, 0.15) is 5.52 Å². The number of Topliss-reactive ketones (excluding diaryl/α,β-unsaturated/α-hetero) is 1. The quantitative estimate of drug-likeness (QED) is 0.337. The molecule has 0 bridgehead atoms. The van der Waals surface area contributed by atoms with Gasteiger partial charge < -0.3 is 0 Å². The maximum atomic E-state index is 12.9. The predicted molar refractivity (Wildman–Crippen MR) is 128 cm³/mol. The molecular formula is C26H24ClN3O2. The highest BCUT2D eigenvalue weighted by Crippen LogP contribution is 2.28. The number of carbonyl (C=O) groups is 1. The van der Waals surface area contributed by atoms with Crippen molar-refractivity contribution < 1.29 is 4.79 Å². The first-order valence-corrected chi connectivity index (χ1v) is 10.9. The first-order chi connectivity index (χ1) is 15.3. The van der Waals surface area contributed by atoms with Crippen molar-refractivity contribution in [2.45, 2.75) is 33.2 Å². The molecule has 1 aromatic heterocycles. The summed E-state index contributed by atoms with van der Waals surface area (Å²) < 4.78 is 1.38. The molecule has 0 radical (unpaired) electrons. The van der Waals surface area contributed by atoms with Crippen molar-refractivity contribution in [2.75, 3.05) is 0 Å². The van der Waals surface area contributed by atoms with Gasteiger partial charge in [-0.15, -0.1) is 5.10 Å². The van der Waals surface area contributed by atoms with E-state index < -0.39 is 0 Å². The van der Waals surface area contributed by atoms with Gasteiger partial charge in [0.2, 0.25) is 0 Å². The third-order valence-corrected chi connectivity index (χ3v) is 5.91. The number of rotatable bonds is 7. The monoisotopic (exact) mass is 445 g/mol. The lowest BCUT2D eigenvalue weighted by atomic mass is 9.82. The normalized spacial score (nSPS) is 11.6. The maximum Gasteiger partial charge on any atom is 0.277 e. The molecule has 0 aliphatic rings. The van der Waals surface area contributed by atoms with E-state index in [1.165, 1.54) is 4.68 Å². The van der Waals surface area contributed by atoms with Crippen molar-refractivity contribution in [3.8, 4) is 11.1 Å². The van der Waals surface area contributed by atoms with Gasteiger partial charge in [0, 0.05) is 23.6 Å². The second-order valence-corrected chi connectivity index (χ2v) is 9.17. The zero-order chi connectivity index (χ0) is 22.7. The smallest absolute Gasteiger partial charge is 0.277 e. The van der Waals surface area contributed by atoms with Crippen molar-refractivity contribution in [3.63, 3.8) is 0 Å². The van der Waals surface area contributed by atoms with E-state index in [0.717, 1.165) is 11.1 Å². The Morgan fingerprint density at radius 2 is 1.56 bits per heavy atom. The first kappa shape index (κ1) is 21.9. The van der Waals surface area contributed by atoms with Gasteiger partial charge in [-0.2, -0.15) is 0 Å². The summed E-state index contributed by atoms with van der Waals surface area (Å²) in [6.45, 7) is 4.48. The number of ketones is 1. The van der Waals surface area contributed by atoms with Gasteiger partial charge in [-0.3, -0.25) is 9.59 Å². The number of hydrogen-bond acceptors (Lipinski definition) is 4. The molecule has 0 atom stereocenters. The lowest BCUT2D eigenvalue weighted by molar-refractivity contribution is 0.0921. The Morgan fingerprint density at radius 3 is 2.25 bits per heavy atom. The Kier molecular flexibility index (Phi) is 6.19. The largest absolute Gasteiger partial charge is 0.294 e. The van der Waals surface area contributed by atoms with E-state index in [2.05, 4.69) is 10.3 Å². The summed E-state index contributed by atoms with van der Waals surface area (Å²) in [5.41, 5.74) is 2.90.